The summed E-state index contributed by atoms with van der Waals surface area (Å²) in [7, 11) is 0. The predicted octanol–water partition coefficient (Wildman–Crippen LogP) is -1.91. The van der Waals surface area contributed by atoms with Crippen molar-refractivity contribution < 1.29 is 34.5 Å². The zero-order valence-corrected chi connectivity index (χ0v) is 14.0. The van der Waals surface area contributed by atoms with Crippen LogP contribution in [0.15, 0.2) is 0 Å². The number of hydrogen-bond donors (Lipinski definition) is 6. The molecule has 0 radical (unpaired) electrons. The van der Waals surface area contributed by atoms with Crippen LogP contribution >= 0.6 is 0 Å². The molecule has 0 aliphatic carbocycles. The Kier molecular flexibility index (Phi) is 10.1. The number of nitrogens with two attached hydrogens (primary N) is 2. The van der Waals surface area contributed by atoms with E-state index in [0.29, 0.717) is 5.32 Å². The van der Waals surface area contributed by atoms with Gasteiger partial charge in [-0.25, -0.2) is 0 Å². The molecule has 0 bridgehead atoms. The normalized spacial score (nSPS) is 14.7. The number of amides is 1. The fourth-order valence-corrected chi connectivity index (χ4v) is 3.76. The molecule has 0 spiro atoms. The first-order valence-electron chi connectivity index (χ1n) is 6.71. The topological polar surface area (TPSA) is 193 Å². The van der Waals surface area contributed by atoms with Crippen molar-refractivity contribution in [2.45, 2.75) is 48.0 Å². The number of carbonyl (C=O) groups is 4. The van der Waals surface area contributed by atoms with Gasteiger partial charge in [0.15, 0.2) is 0 Å². The van der Waals surface area contributed by atoms with Crippen molar-refractivity contribution in [3.63, 3.8) is 0 Å². The minimum absolute atomic E-state index is 0.106. The van der Waals surface area contributed by atoms with Crippen LogP contribution in [-0.2, 0) is 19.2 Å². The number of nitrogens with one attached hydrogen (secondary N) is 1. The van der Waals surface area contributed by atoms with E-state index in [0.717, 1.165) is 0 Å². The van der Waals surface area contributed by atoms with Gasteiger partial charge in [0.2, 0.25) is 0 Å². The van der Waals surface area contributed by atoms with E-state index >= 15 is 0 Å². The molecular formula is C12H21N3O7Se. The van der Waals surface area contributed by atoms with Gasteiger partial charge < -0.3 is 0 Å². The Morgan fingerprint density at radius 1 is 0.957 bits per heavy atom. The van der Waals surface area contributed by atoms with Crippen LogP contribution in [0.4, 0.5) is 0 Å². The second kappa shape index (κ2) is 10.9. The van der Waals surface area contributed by atoms with Crippen LogP contribution in [-0.4, -0.2) is 72.2 Å². The minimum atomic E-state index is -1.27. The summed E-state index contributed by atoms with van der Waals surface area (Å²) in [5, 5.41) is 29.9. The Labute approximate surface area is 138 Å². The zero-order chi connectivity index (χ0) is 18.0. The average molecular weight is 398 g/mol. The molecule has 10 nitrogen and oxygen atoms in total. The molecule has 0 aromatic carbocycles. The molecular weight excluding hydrogens is 377 g/mol. The van der Waals surface area contributed by atoms with E-state index in [-0.39, 0.29) is 39.5 Å². The number of carboxylic acid groups (broad SMARTS) is 3. The summed E-state index contributed by atoms with van der Waals surface area (Å²) in [6.45, 7) is 0. The second-order valence-corrected chi connectivity index (χ2v) is 7.17. The van der Waals surface area contributed by atoms with Gasteiger partial charge in [0, 0.05) is 0 Å². The van der Waals surface area contributed by atoms with E-state index in [1.165, 1.54) is 0 Å². The first-order chi connectivity index (χ1) is 10.6. The molecule has 0 aromatic heterocycles. The molecule has 0 saturated carbocycles. The fraction of sp³-hybridized carbons (Fsp3) is 0.667. The maximum absolute atomic E-state index is 11.2. The first-order valence-corrected chi connectivity index (χ1v) is 9.13. The van der Waals surface area contributed by atoms with E-state index in [1.54, 1.807) is 0 Å². The van der Waals surface area contributed by atoms with Gasteiger partial charge in [-0.05, 0) is 0 Å². The van der Waals surface area contributed by atoms with E-state index in [9.17, 15) is 19.2 Å². The van der Waals surface area contributed by atoms with Gasteiger partial charge in [0.1, 0.15) is 0 Å². The summed E-state index contributed by atoms with van der Waals surface area (Å²) in [5.74, 6) is -4.26. The van der Waals surface area contributed by atoms with Gasteiger partial charge in [-0.2, -0.15) is 0 Å². The SMILES string of the molecule is NC(=O)CC[C@H](N[C@@H](C[Se]CC[C@H](N)C(=O)O)C(=O)O)C(=O)O. The molecule has 0 aliphatic rings. The van der Waals surface area contributed by atoms with E-state index in [2.05, 4.69) is 5.32 Å². The van der Waals surface area contributed by atoms with Gasteiger partial charge >= 0.3 is 138 Å². The molecule has 1 amide bonds. The monoisotopic (exact) mass is 399 g/mol. The van der Waals surface area contributed by atoms with Crippen LogP contribution in [0, 0.1) is 0 Å². The van der Waals surface area contributed by atoms with Gasteiger partial charge in [-0.15, -0.1) is 0 Å². The van der Waals surface area contributed by atoms with Crippen molar-refractivity contribution in [2.24, 2.45) is 11.5 Å². The summed E-state index contributed by atoms with van der Waals surface area (Å²) >= 11 is -0.212. The molecule has 8 N–H and O–H groups in total. The van der Waals surface area contributed by atoms with Crippen LogP contribution in [0.1, 0.15) is 19.3 Å². The van der Waals surface area contributed by atoms with Crippen molar-refractivity contribution in [3.8, 4) is 0 Å². The van der Waals surface area contributed by atoms with Crippen LogP contribution < -0.4 is 16.8 Å². The summed E-state index contributed by atoms with van der Waals surface area (Å²) in [4.78, 5) is 43.5. The molecule has 0 unspecified atom stereocenters. The second-order valence-electron chi connectivity index (χ2n) is 4.76. The van der Waals surface area contributed by atoms with Crippen LogP contribution in [0.2, 0.25) is 10.6 Å². The number of aliphatic carboxylic acids is 3. The number of hydrogen-bond acceptors (Lipinski definition) is 6. The van der Waals surface area contributed by atoms with E-state index < -0.39 is 41.9 Å². The zero-order valence-electron chi connectivity index (χ0n) is 12.3. The quantitative estimate of drug-likeness (QED) is 0.152. The molecule has 0 aliphatic heterocycles. The van der Waals surface area contributed by atoms with E-state index in [4.69, 9.17) is 26.8 Å². The fourth-order valence-electron chi connectivity index (χ4n) is 1.53. The van der Waals surface area contributed by atoms with Crippen molar-refractivity contribution >= 4 is 38.8 Å². The third kappa shape index (κ3) is 9.84. The molecule has 132 valence electrons. The number of primary amides is 1. The van der Waals surface area contributed by atoms with Crippen molar-refractivity contribution in [2.75, 3.05) is 0 Å². The van der Waals surface area contributed by atoms with Crippen molar-refractivity contribution in [1.82, 2.24) is 5.32 Å². The number of rotatable bonds is 13. The van der Waals surface area contributed by atoms with Crippen LogP contribution in [0.3, 0.4) is 0 Å². The van der Waals surface area contributed by atoms with Crippen LogP contribution in [0.5, 0.6) is 0 Å². The van der Waals surface area contributed by atoms with Gasteiger partial charge in [-0.3, -0.25) is 0 Å². The summed E-state index contributed by atoms with van der Waals surface area (Å²) in [5.41, 5.74) is 10.3. The summed E-state index contributed by atoms with van der Waals surface area (Å²) < 4.78 is 0. The van der Waals surface area contributed by atoms with Crippen LogP contribution in [0.25, 0.3) is 0 Å². The Morgan fingerprint density at radius 3 is 1.96 bits per heavy atom. The summed E-state index contributed by atoms with van der Waals surface area (Å²) in [6, 6.07) is -3.28. The molecule has 0 fully saturated rings. The molecule has 11 heteroatoms. The number of carboxylic acids is 3. The number of carbonyl (C=O) groups excluding carboxylic acids is 1. The predicted molar refractivity (Wildman–Crippen MR) is 80.0 cm³/mol. The van der Waals surface area contributed by atoms with E-state index in [1.807, 2.05) is 0 Å². The van der Waals surface area contributed by atoms with Gasteiger partial charge in [0.25, 0.3) is 0 Å². The Bertz CT molecular complexity index is 446. The maximum atomic E-state index is 11.2. The Morgan fingerprint density at radius 2 is 1.52 bits per heavy atom. The first kappa shape index (κ1) is 21.3. The third-order valence-corrected chi connectivity index (χ3v) is 5.15. The molecule has 0 heterocycles. The molecule has 0 rings (SSSR count). The Balaban J connectivity index is 4.42. The van der Waals surface area contributed by atoms with Gasteiger partial charge in [-0.1, -0.05) is 0 Å². The van der Waals surface area contributed by atoms with Crippen molar-refractivity contribution in [3.05, 3.63) is 0 Å². The molecule has 3 atom stereocenters. The summed E-state index contributed by atoms with van der Waals surface area (Å²) in [6.07, 6.45) is -0.0496. The average Bonchev–Trinajstić information content (AvgIpc) is 2.43. The molecule has 0 aromatic rings. The molecule has 23 heavy (non-hydrogen) atoms. The standard InChI is InChI=1S/C12H21N3O7Se/c13-6(10(17)18)3-4-23-5-8(12(21)22)15-7(11(19)20)1-2-9(14)16/h6-8,15H,1-5,13H2,(H2,14,16)(H,17,18)(H,19,20)(H,21,22)/t6-,7-,8-/m0/s1. The Hall–Kier alpha value is -1.68. The van der Waals surface area contributed by atoms with Gasteiger partial charge in [0.05, 0.1) is 0 Å². The molecule has 0 saturated heterocycles. The van der Waals surface area contributed by atoms with Crippen molar-refractivity contribution in [1.29, 1.82) is 0 Å². The third-order valence-electron chi connectivity index (χ3n) is 2.85.